The Morgan fingerprint density at radius 1 is 1.08 bits per heavy atom. The number of halogens is 3. The van der Waals surface area contributed by atoms with Crippen molar-refractivity contribution in [3.8, 4) is 17.0 Å². The summed E-state index contributed by atoms with van der Waals surface area (Å²) in [6, 6.07) is 7.40. The van der Waals surface area contributed by atoms with Crippen LogP contribution in [-0.4, -0.2) is 48.6 Å². The van der Waals surface area contributed by atoms with E-state index in [4.69, 9.17) is 4.74 Å². The molecule has 0 saturated carbocycles. The summed E-state index contributed by atoms with van der Waals surface area (Å²) < 4.78 is 73.2. The van der Waals surface area contributed by atoms with Gasteiger partial charge in [0.2, 0.25) is 0 Å². The molecule has 1 aliphatic heterocycles. The molecular formula is C27H30F3N3O3S. The highest BCUT2D eigenvalue weighted by Gasteiger charge is 2.35. The number of aromatic nitrogens is 2. The number of rotatable bonds is 7. The Labute approximate surface area is 215 Å². The van der Waals surface area contributed by atoms with Crippen LogP contribution in [0.1, 0.15) is 44.6 Å². The van der Waals surface area contributed by atoms with Gasteiger partial charge >= 0.3 is 0 Å². The van der Waals surface area contributed by atoms with Gasteiger partial charge in [0.15, 0.2) is 17.4 Å². The van der Waals surface area contributed by atoms with Gasteiger partial charge in [-0.05, 0) is 63.4 Å². The summed E-state index contributed by atoms with van der Waals surface area (Å²) in [4.78, 5) is 10.4. The number of ether oxygens (including phenoxy) is 1. The van der Waals surface area contributed by atoms with Crippen molar-refractivity contribution in [2.24, 2.45) is 0 Å². The zero-order valence-electron chi connectivity index (χ0n) is 21.5. The average molecular weight is 534 g/mol. The monoisotopic (exact) mass is 533 g/mol. The molecule has 37 heavy (non-hydrogen) atoms. The van der Waals surface area contributed by atoms with E-state index in [-0.39, 0.29) is 47.5 Å². The molecule has 1 aromatic heterocycles. The molecule has 0 amide bonds. The minimum atomic E-state index is -3.22. The third-order valence-corrected chi connectivity index (χ3v) is 7.12. The number of benzene rings is 2. The van der Waals surface area contributed by atoms with Crippen molar-refractivity contribution >= 4 is 15.5 Å². The molecule has 0 atom stereocenters. The predicted molar refractivity (Wildman–Crippen MR) is 137 cm³/mol. The summed E-state index contributed by atoms with van der Waals surface area (Å²) in [5.74, 6) is -1.65. The van der Waals surface area contributed by atoms with Gasteiger partial charge in [0.05, 0.1) is 24.2 Å². The van der Waals surface area contributed by atoms with E-state index in [2.05, 4.69) is 9.97 Å². The molecule has 0 aliphatic carbocycles. The number of sulfone groups is 1. The second kappa shape index (κ2) is 9.96. The van der Waals surface area contributed by atoms with E-state index in [1.54, 1.807) is 12.1 Å². The molecule has 10 heteroatoms. The lowest BCUT2D eigenvalue weighted by atomic mass is 10.0. The Bertz CT molecular complexity index is 1440. The summed E-state index contributed by atoms with van der Waals surface area (Å²) in [6.45, 7) is 8.28. The molecule has 0 spiro atoms. The zero-order valence-corrected chi connectivity index (χ0v) is 22.3. The molecule has 0 saturated heterocycles. The fourth-order valence-corrected chi connectivity index (χ4v) is 4.96. The molecule has 6 nitrogen and oxygen atoms in total. The van der Waals surface area contributed by atoms with Crippen LogP contribution >= 0.6 is 0 Å². The Morgan fingerprint density at radius 3 is 2.46 bits per heavy atom. The predicted octanol–water partition coefficient (Wildman–Crippen LogP) is 5.12. The summed E-state index contributed by atoms with van der Waals surface area (Å²) in [5.41, 5.74) is 0.938. The van der Waals surface area contributed by atoms with Gasteiger partial charge in [-0.25, -0.2) is 31.6 Å². The molecule has 3 aromatic rings. The van der Waals surface area contributed by atoms with Crippen molar-refractivity contribution in [2.75, 3.05) is 23.5 Å². The van der Waals surface area contributed by atoms with E-state index >= 15 is 4.39 Å². The first-order valence-electron chi connectivity index (χ1n) is 12.0. The highest BCUT2D eigenvalue weighted by Crippen LogP contribution is 2.42. The highest BCUT2D eigenvalue weighted by atomic mass is 32.2. The van der Waals surface area contributed by atoms with Crippen LogP contribution < -0.4 is 9.64 Å². The molecule has 4 rings (SSSR count). The maximum atomic E-state index is 15.2. The minimum absolute atomic E-state index is 0.0534. The summed E-state index contributed by atoms with van der Waals surface area (Å²) in [5, 5.41) is 0. The van der Waals surface area contributed by atoms with E-state index in [0.717, 1.165) is 12.5 Å². The second-order valence-electron chi connectivity index (χ2n) is 10.4. The standard InChI is InChI=1S/C27H30F3N3O3S/c1-16(2)33-15-27(3,4)36-26-21(29)12-19(13-23(26)33)25-22(30)14-31-24(32-25)11-17-6-7-18(20(28)10-17)8-9-37(5,34)35/h6-7,10,12-14,16H,8-9,11,15H2,1-5H3. The van der Waals surface area contributed by atoms with Crippen molar-refractivity contribution in [3.05, 3.63) is 70.9 Å². The molecular weight excluding hydrogens is 503 g/mol. The number of hydrogen-bond acceptors (Lipinski definition) is 6. The molecule has 0 fully saturated rings. The number of nitrogens with zero attached hydrogens (tertiary/aromatic N) is 3. The fourth-order valence-electron chi connectivity index (χ4n) is 4.37. The van der Waals surface area contributed by atoms with Gasteiger partial charge < -0.3 is 9.64 Å². The molecule has 1 aliphatic rings. The molecule has 0 unspecified atom stereocenters. The molecule has 198 valence electrons. The molecule has 0 N–H and O–H groups in total. The largest absolute Gasteiger partial charge is 0.481 e. The van der Waals surface area contributed by atoms with Crippen molar-refractivity contribution in [1.29, 1.82) is 0 Å². The SMILES string of the molecule is CC(C)N1CC(C)(C)Oc2c(F)cc(-c3nc(Cc4ccc(CCS(C)(=O)=O)c(F)c4)ncc3F)cc21. The number of anilines is 1. The van der Waals surface area contributed by atoms with Crippen molar-refractivity contribution in [3.63, 3.8) is 0 Å². The Morgan fingerprint density at radius 2 is 1.81 bits per heavy atom. The lowest BCUT2D eigenvalue weighted by Gasteiger charge is -2.43. The summed E-state index contributed by atoms with van der Waals surface area (Å²) in [7, 11) is -3.22. The maximum Gasteiger partial charge on any atom is 0.179 e. The lowest BCUT2D eigenvalue weighted by Crippen LogP contribution is -2.49. The van der Waals surface area contributed by atoms with Crippen LogP contribution in [0.2, 0.25) is 0 Å². The van der Waals surface area contributed by atoms with E-state index in [1.165, 1.54) is 18.2 Å². The number of aryl methyl sites for hydroxylation is 1. The van der Waals surface area contributed by atoms with Crippen LogP contribution in [0.25, 0.3) is 11.3 Å². The van der Waals surface area contributed by atoms with Crippen LogP contribution in [0, 0.1) is 17.5 Å². The topological polar surface area (TPSA) is 72.4 Å². The normalized spacial score (nSPS) is 15.0. The fraction of sp³-hybridized carbons (Fsp3) is 0.407. The van der Waals surface area contributed by atoms with Crippen LogP contribution in [-0.2, 0) is 22.7 Å². The van der Waals surface area contributed by atoms with E-state index in [9.17, 15) is 17.2 Å². The van der Waals surface area contributed by atoms with E-state index in [0.29, 0.717) is 23.4 Å². The van der Waals surface area contributed by atoms with Gasteiger partial charge in [0, 0.05) is 24.3 Å². The zero-order chi connectivity index (χ0) is 27.1. The second-order valence-corrected chi connectivity index (χ2v) is 12.6. The van der Waals surface area contributed by atoms with Crippen LogP contribution in [0.4, 0.5) is 18.9 Å². The third-order valence-electron chi connectivity index (χ3n) is 6.18. The Hall–Kier alpha value is -3.14. The van der Waals surface area contributed by atoms with Crippen molar-refractivity contribution in [2.45, 2.75) is 52.2 Å². The van der Waals surface area contributed by atoms with Gasteiger partial charge in [-0.2, -0.15) is 0 Å². The molecule has 2 heterocycles. The smallest absolute Gasteiger partial charge is 0.179 e. The Kier molecular flexibility index (Phi) is 7.25. The van der Waals surface area contributed by atoms with Crippen LogP contribution in [0.15, 0.2) is 36.5 Å². The van der Waals surface area contributed by atoms with Crippen molar-refractivity contribution < 1.29 is 26.3 Å². The molecule has 0 radical (unpaired) electrons. The van der Waals surface area contributed by atoms with Gasteiger partial charge in [-0.1, -0.05) is 12.1 Å². The first kappa shape index (κ1) is 26.9. The quantitative estimate of drug-likeness (QED) is 0.420. The van der Waals surface area contributed by atoms with E-state index < -0.39 is 32.9 Å². The summed E-state index contributed by atoms with van der Waals surface area (Å²) >= 11 is 0. The van der Waals surface area contributed by atoms with Gasteiger partial charge in [-0.15, -0.1) is 0 Å². The summed E-state index contributed by atoms with van der Waals surface area (Å²) in [6.07, 6.45) is 2.30. The van der Waals surface area contributed by atoms with Crippen molar-refractivity contribution in [1.82, 2.24) is 9.97 Å². The maximum absolute atomic E-state index is 15.2. The number of hydrogen-bond donors (Lipinski definition) is 0. The molecule has 2 aromatic carbocycles. The highest BCUT2D eigenvalue weighted by molar-refractivity contribution is 7.90. The number of fused-ring (bicyclic) bond motifs is 1. The minimum Gasteiger partial charge on any atom is -0.481 e. The van der Waals surface area contributed by atoms with Gasteiger partial charge in [-0.3, -0.25) is 0 Å². The van der Waals surface area contributed by atoms with Crippen LogP contribution in [0.5, 0.6) is 5.75 Å². The first-order valence-corrected chi connectivity index (χ1v) is 14.0. The lowest BCUT2D eigenvalue weighted by molar-refractivity contribution is 0.0967. The van der Waals surface area contributed by atoms with Gasteiger partial charge in [0.25, 0.3) is 0 Å². The first-order chi connectivity index (χ1) is 17.2. The third kappa shape index (κ3) is 6.23. The molecule has 0 bridgehead atoms. The Balaban J connectivity index is 1.65. The van der Waals surface area contributed by atoms with E-state index in [1.807, 2.05) is 32.6 Å². The average Bonchev–Trinajstić information content (AvgIpc) is 2.78. The van der Waals surface area contributed by atoms with Gasteiger partial charge in [0.1, 0.15) is 32.8 Å². The van der Waals surface area contributed by atoms with Crippen LogP contribution in [0.3, 0.4) is 0 Å².